The molecular weight excluding hydrogens is 368 g/mol. The van der Waals surface area contributed by atoms with Gasteiger partial charge in [0.2, 0.25) is 15.9 Å². The maximum absolute atomic E-state index is 12.5. The van der Waals surface area contributed by atoms with Crippen molar-refractivity contribution in [2.24, 2.45) is 0 Å². The molecule has 3 rings (SSSR count). The Bertz CT molecular complexity index is 952. The van der Waals surface area contributed by atoms with E-state index in [2.05, 4.69) is 5.32 Å². The summed E-state index contributed by atoms with van der Waals surface area (Å²) in [4.78, 5) is 12.5. The summed E-state index contributed by atoms with van der Waals surface area (Å²) in [7, 11) is -3.67. The number of hydrogen-bond acceptors (Lipinski definition) is 5. The van der Waals surface area contributed by atoms with Gasteiger partial charge in [-0.3, -0.25) is 9.10 Å². The Kier molecular flexibility index (Phi) is 5.27. The Morgan fingerprint density at radius 3 is 2.30 bits per heavy atom. The normalized spacial score (nSPS) is 13.1. The van der Waals surface area contributed by atoms with Crippen molar-refractivity contribution < 1.29 is 22.7 Å². The molecule has 1 aliphatic heterocycles. The van der Waals surface area contributed by atoms with Crippen LogP contribution in [0.3, 0.4) is 0 Å². The van der Waals surface area contributed by atoms with E-state index < -0.39 is 15.9 Å². The average Bonchev–Trinajstić information content (AvgIpc) is 2.57. The molecule has 0 fully saturated rings. The SMILES string of the molecule is Cc1cc(C)cc(NC(=O)CN(c2ccc3c(c2)OCCO3)S(C)(=O)=O)c1. The molecule has 8 heteroatoms. The Balaban J connectivity index is 1.82. The summed E-state index contributed by atoms with van der Waals surface area (Å²) in [6, 6.07) is 10.5. The molecule has 0 unspecified atom stereocenters. The summed E-state index contributed by atoms with van der Waals surface area (Å²) in [6.07, 6.45) is 1.06. The molecule has 0 aliphatic carbocycles. The molecule has 7 nitrogen and oxygen atoms in total. The van der Waals surface area contributed by atoms with Crippen molar-refractivity contribution in [3.05, 3.63) is 47.5 Å². The fourth-order valence-corrected chi connectivity index (χ4v) is 3.81. The Labute approximate surface area is 158 Å². The third kappa shape index (κ3) is 4.71. The molecular formula is C19H22N2O5S. The van der Waals surface area contributed by atoms with E-state index in [0.29, 0.717) is 36.1 Å². The van der Waals surface area contributed by atoms with E-state index in [4.69, 9.17) is 9.47 Å². The fourth-order valence-electron chi connectivity index (χ4n) is 2.96. The van der Waals surface area contributed by atoms with Gasteiger partial charge in [0, 0.05) is 11.8 Å². The number of nitrogens with zero attached hydrogens (tertiary/aromatic N) is 1. The van der Waals surface area contributed by atoms with Crippen molar-refractivity contribution in [2.75, 3.05) is 35.6 Å². The largest absolute Gasteiger partial charge is 0.486 e. The number of fused-ring (bicyclic) bond motifs is 1. The highest BCUT2D eigenvalue weighted by atomic mass is 32.2. The first-order valence-corrected chi connectivity index (χ1v) is 10.3. The minimum atomic E-state index is -3.67. The first-order valence-electron chi connectivity index (χ1n) is 8.48. The van der Waals surface area contributed by atoms with Gasteiger partial charge in [0.1, 0.15) is 19.8 Å². The van der Waals surface area contributed by atoms with Crippen molar-refractivity contribution in [3.63, 3.8) is 0 Å². The van der Waals surface area contributed by atoms with Crippen LogP contribution in [0.5, 0.6) is 11.5 Å². The van der Waals surface area contributed by atoms with Crippen molar-refractivity contribution in [3.8, 4) is 11.5 Å². The minimum absolute atomic E-state index is 0.342. The molecule has 0 radical (unpaired) electrons. The Morgan fingerprint density at radius 2 is 1.67 bits per heavy atom. The molecule has 2 aromatic rings. The summed E-state index contributed by atoms with van der Waals surface area (Å²) >= 11 is 0. The van der Waals surface area contributed by atoms with Gasteiger partial charge in [-0.1, -0.05) is 6.07 Å². The Morgan fingerprint density at radius 1 is 1.04 bits per heavy atom. The van der Waals surface area contributed by atoms with Gasteiger partial charge < -0.3 is 14.8 Å². The van der Waals surface area contributed by atoms with E-state index in [9.17, 15) is 13.2 Å². The second-order valence-electron chi connectivity index (χ2n) is 6.52. The molecule has 0 saturated heterocycles. The highest BCUT2D eigenvalue weighted by molar-refractivity contribution is 7.92. The number of benzene rings is 2. The van der Waals surface area contributed by atoms with Crippen LogP contribution < -0.4 is 19.1 Å². The zero-order valence-corrected chi connectivity index (χ0v) is 16.3. The standard InChI is InChI=1S/C19H22N2O5S/c1-13-8-14(2)10-15(9-13)20-19(22)12-21(27(3,23)24)16-4-5-17-18(11-16)26-7-6-25-17/h4-5,8-11H,6-7,12H2,1-3H3,(H,20,22). The third-order valence-electron chi connectivity index (χ3n) is 4.01. The number of carbonyl (C=O) groups excluding carboxylic acids is 1. The summed E-state index contributed by atoms with van der Waals surface area (Å²) < 4.78 is 36.5. The summed E-state index contributed by atoms with van der Waals surface area (Å²) in [5.41, 5.74) is 3.00. The van der Waals surface area contributed by atoms with Crippen LogP contribution in [0.4, 0.5) is 11.4 Å². The van der Waals surface area contributed by atoms with Gasteiger partial charge in [0.15, 0.2) is 11.5 Å². The van der Waals surface area contributed by atoms with Crippen LogP contribution in [0.2, 0.25) is 0 Å². The molecule has 0 aromatic heterocycles. The van der Waals surface area contributed by atoms with E-state index >= 15 is 0 Å². The van der Waals surface area contributed by atoms with Crippen LogP contribution in [-0.2, 0) is 14.8 Å². The number of hydrogen-bond donors (Lipinski definition) is 1. The molecule has 144 valence electrons. The minimum Gasteiger partial charge on any atom is -0.486 e. The first kappa shape index (κ1) is 19.0. The van der Waals surface area contributed by atoms with Crippen molar-refractivity contribution in [1.29, 1.82) is 0 Å². The number of anilines is 2. The van der Waals surface area contributed by atoms with Gasteiger partial charge in [0.05, 0.1) is 11.9 Å². The maximum Gasteiger partial charge on any atom is 0.245 e. The number of aryl methyl sites for hydroxylation is 2. The lowest BCUT2D eigenvalue weighted by atomic mass is 10.1. The molecule has 0 saturated carbocycles. The van der Waals surface area contributed by atoms with Gasteiger partial charge >= 0.3 is 0 Å². The monoisotopic (exact) mass is 390 g/mol. The quantitative estimate of drug-likeness (QED) is 0.848. The summed E-state index contributed by atoms with van der Waals surface area (Å²) in [5.74, 6) is 0.584. The zero-order chi connectivity index (χ0) is 19.6. The van der Waals surface area contributed by atoms with Crippen molar-refractivity contribution >= 4 is 27.3 Å². The first-order chi connectivity index (χ1) is 12.7. The average molecular weight is 390 g/mol. The second-order valence-corrected chi connectivity index (χ2v) is 8.43. The second kappa shape index (κ2) is 7.48. The third-order valence-corrected chi connectivity index (χ3v) is 5.15. The van der Waals surface area contributed by atoms with E-state index in [0.717, 1.165) is 21.7 Å². The van der Waals surface area contributed by atoms with E-state index in [1.165, 1.54) is 0 Å². The summed E-state index contributed by atoms with van der Waals surface area (Å²) in [6.45, 7) is 4.36. The van der Waals surface area contributed by atoms with Crippen LogP contribution in [0, 0.1) is 13.8 Å². The summed E-state index contributed by atoms with van der Waals surface area (Å²) in [5, 5.41) is 2.76. The maximum atomic E-state index is 12.5. The van der Waals surface area contributed by atoms with Gasteiger partial charge in [0.25, 0.3) is 0 Å². The lowest BCUT2D eigenvalue weighted by Gasteiger charge is -2.24. The van der Waals surface area contributed by atoms with E-state index in [-0.39, 0.29) is 6.54 Å². The fraction of sp³-hybridized carbons (Fsp3) is 0.316. The van der Waals surface area contributed by atoms with Crippen molar-refractivity contribution in [1.82, 2.24) is 0 Å². The molecule has 2 aromatic carbocycles. The molecule has 1 N–H and O–H groups in total. The lowest BCUT2D eigenvalue weighted by molar-refractivity contribution is -0.114. The van der Waals surface area contributed by atoms with Gasteiger partial charge in [-0.15, -0.1) is 0 Å². The van der Waals surface area contributed by atoms with Crippen LogP contribution in [0.15, 0.2) is 36.4 Å². The van der Waals surface area contributed by atoms with E-state index in [1.807, 2.05) is 32.0 Å². The smallest absolute Gasteiger partial charge is 0.245 e. The van der Waals surface area contributed by atoms with Crippen LogP contribution >= 0.6 is 0 Å². The van der Waals surface area contributed by atoms with Crippen LogP contribution in [0.25, 0.3) is 0 Å². The predicted octanol–water partition coefficient (Wildman–Crippen LogP) is 2.48. The van der Waals surface area contributed by atoms with Gasteiger partial charge in [-0.25, -0.2) is 8.42 Å². The number of rotatable bonds is 5. The highest BCUT2D eigenvalue weighted by Gasteiger charge is 2.23. The molecule has 1 heterocycles. The number of ether oxygens (including phenoxy) is 2. The van der Waals surface area contributed by atoms with E-state index in [1.54, 1.807) is 18.2 Å². The lowest BCUT2D eigenvalue weighted by Crippen LogP contribution is -2.37. The number of sulfonamides is 1. The highest BCUT2D eigenvalue weighted by Crippen LogP contribution is 2.34. The molecule has 1 aliphatic rings. The van der Waals surface area contributed by atoms with Gasteiger partial charge in [-0.2, -0.15) is 0 Å². The molecule has 1 amide bonds. The number of amides is 1. The zero-order valence-electron chi connectivity index (χ0n) is 15.5. The Hall–Kier alpha value is -2.74. The number of nitrogens with one attached hydrogen (secondary N) is 1. The molecule has 0 bridgehead atoms. The van der Waals surface area contributed by atoms with Crippen LogP contribution in [-0.4, -0.2) is 40.3 Å². The number of carbonyl (C=O) groups is 1. The van der Waals surface area contributed by atoms with Crippen LogP contribution in [0.1, 0.15) is 11.1 Å². The van der Waals surface area contributed by atoms with Crippen molar-refractivity contribution in [2.45, 2.75) is 13.8 Å². The topological polar surface area (TPSA) is 84.9 Å². The molecule has 27 heavy (non-hydrogen) atoms. The molecule has 0 atom stereocenters. The predicted molar refractivity (Wildman–Crippen MR) is 104 cm³/mol. The van der Waals surface area contributed by atoms with Gasteiger partial charge in [-0.05, 0) is 49.2 Å². The molecule has 0 spiro atoms.